The molecule has 0 radical (unpaired) electrons. The van der Waals surface area contributed by atoms with Gasteiger partial charge < -0.3 is 5.32 Å². The lowest BCUT2D eigenvalue weighted by molar-refractivity contribution is -0.126. The van der Waals surface area contributed by atoms with Gasteiger partial charge in [-0.05, 0) is 38.4 Å². The Labute approximate surface area is 135 Å². The van der Waals surface area contributed by atoms with Gasteiger partial charge in [0, 0.05) is 12.0 Å². The molecule has 0 aromatic heterocycles. The van der Waals surface area contributed by atoms with Crippen LogP contribution in [0.5, 0.6) is 0 Å². The van der Waals surface area contributed by atoms with E-state index in [1.54, 1.807) is 0 Å². The van der Waals surface area contributed by atoms with Gasteiger partial charge >= 0.3 is 0 Å². The van der Waals surface area contributed by atoms with E-state index >= 15 is 0 Å². The fourth-order valence-corrected chi connectivity index (χ4v) is 3.75. The number of hydrogen-bond acceptors (Lipinski definition) is 2. The first-order valence-electron chi connectivity index (χ1n) is 8.70. The molecule has 2 rings (SSSR count). The Balaban J connectivity index is 2.03. The third-order valence-corrected chi connectivity index (χ3v) is 5.29. The van der Waals surface area contributed by atoms with Crippen LogP contribution >= 0.6 is 0 Å². The van der Waals surface area contributed by atoms with Gasteiger partial charge in [-0.1, -0.05) is 57.0 Å². The van der Waals surface area contributed by atoms with E-state index in [1.165, 1.54) is 31.2 Å². The van der Waals surface area contributed by atoms with Gasteiger partial charge in [0.25, 0.3) is 0 Å². The minimum absolute atomic E-state index is 0.0516. The molecule has 0 saturated heterocycles. The van der Waals surface area contributed by atoms with E-state index in [9.17, 15) is 4.79 Å². The standard InChI is InChI=1S/C19H30N2O/c1-4-21(5-2)16(3)18(22)20-15-19(13-9-10-14-19)17-11-7-6-8-12-17/h6-8,11-12,16H,4-5,9-10,13-15H2,1-3H3,(H,20,22). The molecule has 0 spiro atoms. The molecule has 1 unspecified atom stereocenters. The Kier molecular flexibility index (Phi) is 6.01. The molecule has 0 bridgehead atoms. The van der Waals surface area contributed by atoms with Crippen LogP contribution in [-0.2, 0) is 10.2 Å². The number of carbonyl (C=O) groups excluding carboxylic acids is 1. The molecule has 1 fully saturated rings. The summed E-state index contributed by atoms with van der Waals surface area (Å²) in [6.45, 7) is 8.81. The first-order chi connectivity index (χ1) is 10.6. The number of carbonyl (C=O) groups is 1. The molecule has 1 aromatic rings. The number of amides is 1. The topological polar surface area (TPSA) is 32.3 Å². The van der Waals surface area contributed by atoms with Crippen molar-refractivity contribution in [3.05, 3.63) is 35.9 Å². The van der Waals surface area contributed by atoms with Gasteiger partial charge in [0.05, 0.1) is 6.04 Å². The Hall–Kier alpha value is -1.35. The van der Waals surface area contributed by atoms with Crippen LogP contribution in [-0.4, -0.2) is 36.5 Å². The van der Waals surface area contributed by atoms with Gasteiger partial charge in [-0.2, -0.15) is 0 Å². The first-order valence-corrected chi connectivity index (χ1v) is 8.70. The maximum Gasteiger partial charge on any atom is 0.237 e. The van der Waals surface area contributed by atoms with Crippen LogP contribution in [0.2, 0.25) is 0 Å². The van der Waals surface area contributed by atoms with E-state index in [-0.39, 0.29) is 17.4 Å². The summed E-state index contributed by atoms with van der Waals surface area (Å²) < 4.78 is 0. The molecular weight excluding hydrogens is 272 g/mol. The Morgan fingerprint density at radius 3 is 2.32 bits per heavy atom. The molecule has 22 heavy (non-hydrogen) atoms. The second-order valence-electron chi connectivity index (χ2n) is 6.47. The maximum atomic E-state index is 12.5. The summed E-state index contributed by atoms with van der Waals surface area (Å²) in [7, 11) is 0. The highest BCUT2D eigenvalue weighted by molar-refractivity contribution is 5.81. The highest BCUT2D eigenvalue weighted by Gasteiger charge is 2.36. The van der Waals surface area contributed by atoms with E-state index in [0.717, 1.165) is 19.6 Å². The smallest absolute Gasteiger partial charge is 0.237 e. The number of nitrogens with one attached hydrogen (secondary N) is 1. The van der Waals surface area contributed by atoms with Crippen molar-refractivity contribution in [2.24, 2.45) is 0 Å². The van der Waals surface area contributed by atoms with Crippen molar-refractivity contribution in [2.45, 2.75) is 57.9 Å². The number of rotatable bonds is 7. The molecule has 0 aliphatic heterocycles. The number of likely N-dealkylation sites (N-methyl/N-ethyl adjacent to an activating group) is 1. The highest BCUT2D eigenvalue weighted by atomic mass is 16.2. The van der Waals surface area contributed by atoms with Gasteiger partial charge in [-0.3, -0.25) is 9.69 Å². The Morgan fingerprint density at radius 2 is 1.77 bits per heavy atom. The monoisotopic (exact) mass is 302 g/mol. The molecule has 122 valence electrons. The molecule has 1 aliphatic carbocycles. The fraction of sp³-hybridized carbons (Fsp3) is 0.632. The fourth-order valence-electron chi connectivity index (χ4n) is 3.75. The van der Waals surface area contributed by atoms with Gasteiger partial charge in [-0.25, -0.2) is 0 Å². The minimum atomic E-state index is -0.0516. The molecule has 1 aliphatic rings. The van der Waals surface area contributed by atoms with Crippen LogP contribution in [0.1, 0.15) is 52.0 Å². The second kappa shape index (κ2) is 7.77. The van der Waals surface area contributed by atoms with Gasteiger partial charge in [0.2, 0.25) is 5.91 Å². The zero-order valence-corrected chi connectivity index (χ0v) is 14.3. The van der Waals surface area contributed by atoms with E-state index in [2.05, 4.69) is 54.4 Å². The maximum absolute atomic E-state index is 12.5. The van der Waals surface area contributed by atoms with Crippen LogP contribution < -0.4 is 5.32 Å². The van der Waals surface area contributed by atoms with Crippen molar-refractivity contribution in [3.63, 3.8) is 0 Å². The van der Waals surface area contributed by atoms with Crippen LogP contribution in [0.15, 0.2) is 30.3 Å². The Bertz CT molecular complexity index is 462. The van der Waals surface area contributed by atoms with Gasteiger partial charge in [0.15, 0.2) is 0 Å². The van der Waals surface area contributed by atoms with E-state index in [0.29, 0.717) is 0 Å². The summed E-state index contributed by atoms with van der Waals surface area (Å²) in [4.78, 5) is 14.7. The first kappa shape index (κ1) is 17.0. The normalized spacial score (nSPS) is 18.4. The number of hydrogen-bond donors (Lipinski definition) is 1. The van der Waals surface area contributed by atoms with Crippen LogP contribution in [0.25, 0.3) is 0 Å². The van der Waals surface area contributed by atoms with E-state index in [1.807, 2.05) is 6.92 Å². The third kappa shape index (κ3) is 3.70. The van der Waals surface area contributed by atoms with Crippen LogP contribution in [0, 0.1) is 0 Å². The van der Waals surface area contributed by atoms with Crippen molar-refractivity contribution in [3.8, 4) is 0 Å². The molecule has 3 heteroatoms. The summed E-state index contributed by atoms with van der Waals surface area (Å²) in [6.07, 6.45) is 4.88. The van der Waals surface area contributed by atoms with E-state index < -0.39 is 0 Å². The van der Waals surface area contributed by atoms with E-state index in [4.69, 9.17) is 0 Å². The number of benzene rings is 1. The zero-order valence-electron chi connectivity index (χ0n) is 14.3. The zero-order chi connectivity index (χ0) is 16.0. The van der Waals surface area contributed by atoms with Crippen LogP contribution in [0.3, 0.4) is 0 Å². The molecule has 1 atom stereocenters. The summed E-state index contributed by atoms with van der Waals surface area (Å²) >= 11 is 0. The van der Waals surface area contributed by atoms with Crippen molar-refractivity contribution < 1.29 is 4.79 Å². The largest absolute Gasteiger partial charge is 0.354 e. The molecular formula is C19H30N2O. The average Bonchev–Trinajstić information content (AvgIpc) is 3.04. The third-order valence-electron chi connectivity index (χ3n) is 5.29. The lowest BCUT2D eigenvalue weighted by Crippen LogP contribution is -2.48. The SMILES string of the molecule is CCN(CC)C(C)C(=O)NCC1(c2ccccc2)CCCC1. The minimum Gasteiger partial charge on any atom is -0.354 e. The molecule has 1 amide bonds. The number of nitrogens with zero attached hydrogens (tertiary/aromatic N) is 1. The van der Waals surface area contributed by atoms with Gasteiger partial charge in [0.1, 0.15) is 0 Å². The van der Waals surface area contributed by atoms with Crippen molar-refractivity contribution in [2.75, 3.05) is 19.6 Å². The summed E-state index contributed by atoms with van der Waals surface area (Å²) in [6, 6.07) is 10.7. The van der Waals surface area contributed by atoms with Crippen LogP contribution in [0.4, 0.5) is 0 Å². The quantitative estimate of drug-likeness (QED) is 0.838. The molecule has 3 nitrogen and oxygen atoms in total. The molecule has 1 saturated carbocycles. The summed E-state index contributed by atoms with van der Waals surface area (Å²) in [5.41, 5.74) is 1.52. The predicted molar refractivity (Wildman–Crippen MR) is 92.0 cm³/mol. The second-order valence-corrected chi connectivity index (χ2v) is 6.47. The van der Waals surface area contributed by atoms with Crippen molar-refractivity contribution >= 4 is 5.91 Å². The predicted octanol–water partition coefficient (Wildman–Crippen LogP) is 3.34. The lowest BCUT2D eigenvalue weighted by Gasteiger charge is -2.32. The summed E-state index contributed by atoms with van der Waals surface area (Å²) in [5.74, 6) is 0.158. The van der Waals surface area contributed by atoms with Crippen molar-refractivity contribution in [1.29, 1.82) is 0 Å². The molecule has 0 heterocycles. The molecule has 1 aromatic carbocycles. The molecule has 1 N–H and O–H groups in total. The highest BCUT2D eigenvalue weighted by Crippen LogP contribution is 2.40. The lowest BCUT2D eigenvalue weighted by atomic mass is 9.79. The average molecular weight is 302 g/mol. The van der Waals surface area contributed by atoms with Crippen molar-refractivity contribution in [1.82, 2.24) is 10.2 Å². The Morgan fingerprint density at radius 1 is 1.18 bits per heavy atom. The van der Waals surface area contributed by atoms with Gasteiger partial charge in [-0.15, -0.1) is 0 Å². The summed E-state index contributed by atoms with van der Waals surface area (Å²) in [5, 5.41) is 3.23.